The number of hydrogen-bond donors (Lipinski definition) is 2. The van der Waals surface area contributed by atoms with E-state index in [9.17, 15) is 10.3 Å². The van der Waals surface area contributed by atoms with Crippen molar-refractivity contribution in [1.82, 2.24) is 0 Å². The maximum Gasteiger partial charge on any atom is 0.0757 e. The second-order valence-electron chi connectivity index (χ2n) is 9.28. The van der Waals surface area contributed by atoms with Gasteiger partial charge >= 0.3 is 0 Å². The second kappa shape index (κ2) is 5.08. The molecule has 0 aromatic rings. The summed E-state index contributed by atoms with van der Waals surface area (Å²) in [5.74, 6) is 2.17. The zero-order chi connectivity index (χ0) is 16.4. The zero-order valence-corrected chi connectivity index (χ0v) is 14.8. The second-order valence-corrected chi connectivity index (χ2v) is 9.28. The van der Waals surface area contributed by atoms with Crippen LogP contribution in [0, 0.1) is 34.5 Å². The Kier molecular flexibility index (Phi) is 3.46. The van der Waals surface area contributed by atoms with Gasteiger partial charge < -0.3 is 10.3 Å². The molecule has 23 heavy (non-hydrogen) atoms. The highest BCUT2D eigenvalue weighted by atomic mass is 16.4. The molecule has 0 spiro atoms. The maximum atomic E-state index is 11.0. The first-order chi connectivity index (χ1) is 10.9. The first kappa shape index (κ1) is 15.7. The molecule has 4 aliphatic rings. The summed E-state index contributed by atoms with van der Waals surface area (Å²) in [6, 6.07) is 0. The van der Waals surface area contributed by atoms with Crippen LogP contribution in [0.15, 0.2) is 16.8 Å². The van der Waals surface area contributed by atoms with Crippen molar-refractivity contribution in [3.05, 3.63) is 11.6 Å². The van der Waals surface area contributed by atoms with E-state index >= 15 is 0 Å². The first-order valence-corrected chi connectivity index (χ1v) is 9.51. The van der Waals surface area contributed by atoms with Gasteiger partial charge in [-0.15, -0.1) is 0 Å². The van der Waals surface area contributed by atoms with E-state index in [4.69, 9.17) is 0 Å². The summed E-state index contributed by atoms with van der Waals surface area (Å²) in [7, 11) is 0. The quantitative estimate of drug-likeness (QED) is 0.395. The Morgan fingerprint density at radius 1 is 1.09 bits per heavy atom. The molecular formula is C20H31NO2. The summed E-state index contributed by atoms with van der Waals surface area (Å²) in [6.07, 6.45) is 9.92. The molecule has 4 unspecified atom stereocenters. The summed E-state index contributed by atoms with van der Waals surface area (Å²) in [5, 5.41) is 24.0. The van der Waals surface area contributed by atoms with Crippen molar-refractivity contribution in [2.75, 3.05) is 0 Å². The summed E-state index contributed by atoms with van der Waals surface area (Å²) < 4.78 is 0. The van der Waals surface area contributed by atoms with Gasteiger partial charge in [0, 0.05) is 5.41 Å². The Labute approximate surface area is 139 Å². The van der Waals surface area contributed by atoms with E-state index < -0.39 is 0 Å². The van der Waals surface area contributed by atoms with Crippen LogP contribution in [0.1, 0.15) is 65.7 Å². The van der Waals surface area contributed by atoms with Crippen LogP contribution >= 0.6 is 0 Å². The van der Waals surface area contributed by atoms with Crippen molar-refractivity contribution in [3.63, 3.8) is 0 Å². The highest BCUT2D eigenvalue weighted by Crippen LogP contribution is 2.64. The van der Waals surface area contributed by atoms with Crippen molar-refractivity contribution in [2.24, 2.45) is 39.7 Å². The van der Waals surface area contributed by atoms with Gasteiger partial charge in [-0.3, -0.25) is 0 Å². The summed E-state index contributed by atoms with van der Waals surface area (Å²) in [6.45, 7) is 7.08. The molecule has 3 nitrogen and oxygen atoms in total. The lowest BCUT2D eigenvalue weighted by Gasteiger charge is -2.58. The van der Waals surface area contributed by atoms with E-state index in [0.717, 1.165) is 37.3 Å². The van der Waals surface area contributed by atoms with Gasteiger partial charge in [-0.1, -0.05) is 37.6 Å². The van der Waals surface area contributed by atoms with Crippen molar-refractivity contribution < 1.29 is 10.3 Å². The van der Waals surface area contributed by atoms with Gasteiger partial charge in [-0.2, -0.15) is 0 Å². The normalized spacial score (nSPS) is 54.2. The fourth-order valence-electron chi connectivity index (χ4n) is 6.79. The van der Waals surface area contributed by atoms with Crippen molar-refractivity contribution in [3.8, 4) is 0 Å². The average Bonchev–Trinajstić information content (AvgIpc) is 2.85. The highest BCUT2D eigenvalue weighted by Gasteiger charge is 2.60. The highest BCUT2D eigenvalue weighted by molar-refractivity contribution is 5.92. The molecular weight excluding hydrogens is 286 g/mol. The Hall–Kier alpha value is -0.830. The molecule has 3 saturated carbocycles. The minimum atomic E-state index is -0.309. The molecule has 4 rings (SSSR count). The number of nitrogens with zero attached hydrogens (tertiary/aromatic N) is 1. The lowest BCUT2D eigenvalue weighted by atomic mass is 9.47. The molecule has 128 valence electrons. The Bertz CT molecular complexity index is 568. The molecule has 0 amide bonds. The third-order valence-electron chi connectivity index (χ3n) is 8.24. The van der Waals surface area contributed by atoms with Crippen molar-refractivity contribution in [2.45, 2.75) is 71.8 Å². The number of allylic oxidation sites excluding steroid dienone is 1. The fraction of sp³-hybridized carbons (Fsp3) is 0.850. The minimum Gasteiger partial charge on any atom is -0.411 e. The third kappa shape index (κ3) is 2.01. The van der Waals surface area contributed by atoms with Gasteiger partial charge in [0.2, 0.25) is 0 Å². The minimum absolute atomic E-state index is 0.000554. The number of fused-ring (bicyclic) bond motifs is 5. The van der Waals surface area contributed by atoms with E-state index in [2.05, 4.69) is 32.0 Å². The Balaban J connectivity index is 1.74. The van der Waals surface area contributed by atoms with Crippen LogP contribution in [-0.4, -0.2) is 22.1 Å². The first-order valence-electron chi connectivity index (χ1n) is 9.51. The molecule has 4 aliphatic carbocycles. The molecule has 0 bridgehead atoms. The molecule has 0 aliphatic heterocycles. The molecule has 7 atom stereocenters. The average molecular weight is 317 g/mol. The van der Waals surface area contributed by atoms with Crippen LogP contribution in [0.2, 0.25) is 0 Å². The van der Waals surface area contributed by atoms with E-state index in [-0.39, 0.29) is 16.9 Å². The summed E-state index contributed by atoms with van der Waals surface area (Å²) >= 11 is 0. The van der Waals surface area contributed by atoms with E-state index in [0.29, 0.717) is 17.8 Å². The van der Waals surface area contributed by atoms with Gasteiger partial charge in [0.05, 0.1) is 11.8 Å². The van der Waals surface area contributed by atoms with E-state index in [1.165, 1.54) is 24.8 Å². The molecule has 3 fully saturated rings. The van der Waals surface area contributed by atoms with Crippen LogP contribution in [0.5, 0.6) is 0 Å². The number of hydrogen-bond acceptors (Lipinski definition) is 3. The molecule has 0 aromatic carbocycles. The smallest absolute Gasteiger partial charge is 0.0757 e. The van der Waals surface area contributed by atoms with Crippen LogP contribution in [0.4, 0.5) is 0 Å². The monoisotopic (exact) mass is 317 g/mol. The zero-order valence-electron chi connectivity index (χ0n) is 14.8. The Morgan fingerprint density at radius 3 is 2.52 bits per heavy atom. The van der Waals surface area contributed by atoms with Crippen LogP contribution in [-0.2, 0) is 0 Å². The topological polar surface area (TPSA) is 52.8 Å². The molecule has 0 aromatic heterocycles. The summed E-state index contributed by atoms with van der Waals surface area (Å²) in [4.78, 5) is 0. The predicted molar refractivity (Wildman–Crippen MR) is 91.5 cm³/mol. The lowest BCUT2D eigenvalue weighted by molar-refractivity contribution is -0.0662. The third-order valence-corrected chi connectivity index (χ3v) is 8.24. The fourth-order valence-corrected chi connectivity index (χ4v) is 6.79. The van der Waals surface area contributed by atoms with Gasteiger partial charge in [-0.25, -0.2) is 0 Å². The van der Waals surface area contributed by atoms with Crippen LogP contribution < -0.4 is 0 Å². The molecule has 2 N–H and O–H groups in total. The SMILES string of the molecule is C[C@H]1CC[C@@]2(C)C(=CC(O)C3C2CC[C@]2(C)/C(=N\O)CCC32)C1. The van der Waals surface area contributed by atoms with Crippen LogP contribution in [0.3, 0.4) is 0 Å². The van der Waals surface area contributed by atoms with Gasteiger partial charge in [-0.05, 0) is 74.0 Å². The number of oxime groups is 1. The number of rotatable bonds is 0. The molecule has 3 heteroatoms. The molecule has 0 heterocycles. The van der Waals surface area contributed by atoms with Crippen molar-refractivity contribution in [1.29, 1.82) is 0 Å². The molecule has 0 saturated heterocycles. The van der Waals surface area contributed by atoms with Crippen molar-refractivity contribution >= 4 is 5.71 Å². The van der Waals surface area contributed by atoms with Gasteiger partial charge in [0.1, 0.15) is 0 Å². The molecule has 0 radical (unpaired) electrons. The largest absolute Gasteiger partial charge is 0.411 e. The standard InChI is InChI=1S/C20H31NO2/c1-12-6-8-19(2)13(10-12)11-16(22)18-14-4-5-17(21-23)20(14,3)9-7-15(18)19/h11-12,14-16,18,22-23H,4-10H2,1-3H3/b21-17-/t12-,14?,15?,16?,18?,19-,20-/m0/s1. The van der Waals surface area contributed by atoms with Gasteiger partial charge in [0.15, 0.2) is 0 Å². The van der Waals surface area contributed by atoms with E-state index in [1.54, 1.807) is 0 Å². The predicted octanol–water partition coefficient (Wildman–Crippen LogP) is 4.39. The van der Waals surface area contributed by atoms with Gasteiger partial charge in [0.25, 0.3) is 0 Å². The van der Waals surface area contributed by atoms with Crippen LogP contribution in [0.25, 0.3) is 0 Å². The van der Waals surface area contributed by atoms with E-state index in [1.807, 2.05) is 0 Å². The lowest BCUT2D eigenvalue weighted by Crippen LogP contribution is -2.54. The number of aliphatic hydroxyl groups is 1. The Morgan fingerprint density at radius 2 is 1.78 bits per heavy atom. The number of aliphatic hydroxyl groups excluding tert-OH is 1. The summed E-state index contributed by atoms with van der Waals surface area (Å²) in [5.41, 5.74) is 2.80. The maximum absolute atomic E-state index is 11.0.